The lowest BCUT2D eigenvalue weighted by Gasteiger charge is -2.51. The highest BCUT2D eigenvalue weighted by Crippen LogP contribution is 2.46. The third kappa shape index (κ3) is 8.83. The Kier molecular flexibility index (Phi) is 11.4. The van der Waals surface area contributed by atoms with E-state index in [9.17, 15) is 24.3 Å². The minimum Gasteiger partial charge on any atom is -0.466 e. The third-order valence-corrected chi connectivity index (χ3v) is 7.46. The Labute approximate surface area is 242 Å². The summed E-state index contributed by atoms with van der Waals surface area (Å²) in [5.41, 5.74) is -2.11. The van der Waals surface area contributed by atoms with Crippen molar-refractivity contribution in [1.82, 2.24) is 15.5 Å². The van der Waals surface area contributed by atoms with Gasteiger partial charge >= 0.3 is 18.0 Å². The molecule has 0 bridgehead atoms. The van der Waals surface area contributed by atoms with Gasteiger partial charge in [-0.1, -0.05) is 51.4 Å². The van der Waals surface area contributed by atoms with Gasteiger partial charge in [-0.05, 0) is 50.8 Å². The molecule has 1 saturated heterocycles. The Hall–Kier alpha value is -2.85. The van der Waals surface area contributed by atoms with Crippen LogP contribution in [0.4, 0.5) is 4.79 Å². The number of nitrogens with zero attached hydrogens (tertiary/aromatic N) is 1. The molecule has 0 saturated carbocycles. The average Bonchev–Trinajstić information content (AvgIpc) is 2.86. The van der Waals surface area contributed by atoms with Crippen LogP contribution in [0.5, 0.6) is 0 Å². The van der Waals surface area contributed by atoms with Crippen molar-refractivity contribution < 1.29 is 33.8 Å². The lowest BCUT2D eigenvalue weighted by molar-refractivity contribution is -0.158. The number of carbonyl (C=O) groups excluding carboxylic acids is 4. The summed E-state index contributed by atoms with van der Waals surface area (Å²) < 4.78 is 10.2. The number of ether oxygens (including phenoxy) is 2. The van der Waals surface area contributed by atoms with Gasteiger partial charge in [0.2, 0.25) is 5.91 Å². The minimum absolute atomic E-state index is 0.00610. The van der Waals surface area contributed by atoms with Crippen LogP contribution in [-0.4, -0.2) is 71.8 Å². The van der Waals surface area contributed by atoms with Crippen LogP contribution in [0.15, 0.2) is 24.3 Å². The molecule has 1 aromatic rings. The van der Waals surface area contributed by atoms with Gasteiger partial charge in [0.1, 0.15) is 11.6 Å². The number of aliphatic hydroxyl groups is 1. The van der Waals surface area contributed by atoms with E-state index in [1.807, 2.05) is 39.8 Å². The maximum atomic E-state index is 13.6. The van der Waals surface area contributed by atoms with E-state index < -0.39 is 40.6 Å². The molecule has 1 fully saturated rings. The Morgan fingerprint density at radius 2 is 1.70 bits per heavy atom. The molecular weight excluding hydrogens is 538 g/mol. The monoisotopic (exact) mass is 581 g/mol. The number of rotatable bonds is 11. The lowest BCUT2D eigenvalue weighted by Crippen LogP contribution is -2.61. The molecule has 3 amide bonds. The molecule has 1 aliphatic rings. The molecule has 1 aromatic carbocycles. The first-order chi connectivity index (χ1) is 18.5. The number of halogens is 1. The van der Waals surface area contributed by atoms with E-state index in [1.165, 1.54) is 0 Å². The second kappa shape index (κ2) is 13.7. The molecule has 2 rings (SSSR count). The van der Waals surface area contributed by atoms with E-state index in [4.69, 9.17) is 21.1 Å². The smallest absolute Gasteiger partial charge is 0.315 e. The Bertz CT molecular complexity index is 1060. The van der Waals surface area contributed by atoms with Gasteiger partial charge in [0.25, 0.3) is 0 Å². The summed E-state index contributed by atoms with van der Waals surface area (Å²) >= 11 is 6.03. The van der Waals surface area contributed by atoms with Crippen LogP contribution in [0, 0.1) is 11.3 Å². The van der Waals surface area contributed by atoms with Crippen molar-refractivity contribution in [3.63, 3.8) is 0 Å². The maximum Gasteiger partial charge on any atom is 0.315 e. The zero-order valence-corrected chi connectivity index (χ0v) is 25.4. The van der Waals surface area contributed by atoms with E-state index in [0.717, 1.165) is 5.56 Å². The van der Waals surface area contributed by atoms with E-state index in [0.29, 0.717) is 24.5 Å². The Morgan fingerprint density at radius 3 is 2.25 bits per heavy atom. The van der Waals surface area contributed by atoms with E-state index in [2.05, 4.69) is 10.6 Å². The van der Waals surface area contributed by atoms with Crippen LogP contribution >= 0.6 is 11.6 Å². The molecule has 1 heterocycles. The first-order valence-corrected chi connectivity index (χ1v) is 14.1. The number of amides is 3. The summed E-state index contributed by atoms with van der Waals surface area (Å²) in [5.74, 6) is -1.50. The normalized spacial score (nSPS) is 19.5. The van der Waals surface area contributed by atoms with E-state index >= 15 is 0 Å². The summed E-state index contributed by atoms with van der Waals surface area (Å²) in [4.78, 5) is 51.6. The van der Waals surface area contributed by atoms with Crippen molar-refractivity contribution in [2.24, 2.45) is 11.3 Å². The molecule has 0 aliphatic carbocycles. The van der Waals surface area contributed by atoms with Gasteiger partial charge < -0.3 is 30.1 Å². The molecular formula is C29H44ClN3O7. The summed E-state index contributed by atoms with van der Waals surface area (Å²) in [6, 6.07) is 5.73. The van der Waals surface area contributed by atoms with Crippen LogP contribution < -0.4 is 10.6 Å². The number of hydrogen-bond acceptors (Lipinski definition) is 7. The number of benzene rings is 1. The molecule has 0 radical (unpaired) electrons. The molecule has 1 aliphatic heterocycles. The number of nitrogens with one attached hydrogen (secondary N) is 2. The van der Waals surface area contributed by atoms with Crippen LogP contribution in [0.3, 0.4) is 0 Å². The fourth-order valence-corrected chi connectivity index (χ4v) is 4.93. The largest absolute Gasteiger partial charge is 0.466 e. The number of esters is 2. The average molecular weight is 582 g/mol. The maximum absolute atomic E-state index is 13.6. The number of urea groups is 1. The SMILES string of the molecule is CCOC(=O)CCC(=O)OC(C)(C)CNC(=O)N[C@@H](C(=O)N1CC[C@](O)(c2ccc(Cl)cc2)C(C)(C)C1)C(C)C. The molecule has 0 unspecified atom stereocenters. The molecule has 2 atom stereocenters. The number of likely N-dealkylation sites (tertiary alicyclic amines) is 1. The fourth-order valence-electron chi connectivity index (χ4n) is 4.80. The standard InChI is InChI=1S/C29H44ClN3O7/c1-8-39-22(34)13-14-23(35)40-28(6,7)17-31-26(37)32-24(19(2)3)25(36)33-16-15-29(38,27(4,5)18-33)20-9-11-21(30)12-10-20/h9-12,19,24,38H,8,13-18H2,1-7H3,(H2,31,32,37)/t24-,29+/m1/s1. The van der Waals surface area contributed by atoms with Gasteiger partial charge in [0.05, 0.1) is 31.6 Å². The topological polar surface area (TPSA) is 134 Å². The fraction of sp³-hybridized carbons (Fsp3) is 0.655. The summed E-state index contributed by atoms with van der Waals surface area (Å²) in [7, 11) is 0. The predicted molar refractivity (Wildman–Crippen MR) is 152 cm³/mol. The summed E-state index contributed by atoms with van der Waals surface area (Å²) in [6.45, 7) is 13.3. The highest BCUT2D eigenvalue weighted by Gasteiger charge is 2.50. The van der Waals surface area contributed by atoms with Crippen LogP contribution in [0.25, 0.3) is 0 Å². The van der Waals surface area contributed by atoms with Gasteiger partial charge in [-0.3, -0.25) is 14.4 Å². The summed E-state index contributed by atoms with van der Waals surface area (Å²) in [6.07, 6.45) is 0.122. The van der Waals surface area contributed by atoms with E-state index in [1.54, 1.807) is 37.8 Å². The first kappa shape index (κ1) is 33.4. The molecule has 11 heteroatoms. The van der Waals surface area contributed by atoms with Crippen molar-refractivity contribution >= 4 is 35.5 Å². The van der Waals surface area contributed by atoms with Crippen LogP contribution in [0.2, 0.25) is 5.02 Å². The first-order valence-electron chi connectivity index (χ1n) is 13.7. The highest BCUT2D eigenvalue weighted by atomic mass is 35.5. The quantitative estimate of drug-likeness (QED) is 0.339. The van der Waals surface area contributed by atoms with Crippen LogP contribution in [-0.2, 0) is 29.5 Å². The van der Waals surface area contributed by atoms with Gasteiger partial charge in [0, 0.05) is 23.5 Å². The Balaban J connectivity index is 1.96. The van der Waals surface area contributed by atoms with Crippen molar-refractivity contribution in [2.75, 3.05) is 26.2 Å². The molecule has 40 heavy (non-hydrogen) atoms. The summed E-state index contributed by atoms with van der Waals surface area (Å²) in [5, 5.41) is 17.6. The molecule has 10 nitrogen and oxygen atoms in total. The van der Waals surface area contributed by atoms with E-state index in [-0.39, 0.29) is 37.8 Å². The minimum atomic E-state index is -1.15. The van der Waals surface area contributed by atoms with Gasteiger partial charge in [0.15, 0.2) is 0 Å². The number of piperidine rings is 1. The highest BCUT2D eigenvalue weighted by molar-refractivity contribution is 6.30. The lowest BCUT2D eigenvalue weighted by atomic mass is 9.66. The zero-order valence-electron chi connectivity index (χ0n) is 24.6. The zero-order chi connectivity index (χ0) is 30.3. The van der Waals surface area contributed by atoms with Crippen molar-refractivity contribution in [3.8, 4) is 0 Å². The number of hydrogen-bond donors (Lipinski definition) is 3. The van der Waals surface area contributed by atoms with Crippen LogP contribution in [0.1, 0.15) is 73.3 Å². The van der Waals surface area contributed by atoms with Crippen molar-refractivity contribution in [1.29, 1.82) is 0 Å². The van der Waals surface area contributed by atoms with Gasteiger partial charge in [-0.25, -0.2) is 4.79 Å². The van der Waals surface area contributed by atoms with Crippen molar-refractivity contribution in [3.05, 3.63) is 34.9 Å². The third-order valence-electron chi connectivity index (χ3n) is 7.21. The van der Waals surface area contributed by atoms with Gasteiger partial charge in [-0.2, -0.15) is 0 Å². The molecule has 3 N–H and O–H groups in total. The molecule has 224 valence electrons. The second-order valence-corrected chi connectivity index (χ2v) is 12.3. The van der Waals surface area contributed by atoms with Gasteiger partial charge in [-0.15, -0.1) is 0 Å². The van der Waals surface area contributed by atoms with Crippen molar-refractivity contribution in [2.45, 2.75) is 85.0 Å². The molecule has 0 aromatic heterocycles. The molecule has 0 spiro atoms. The second-order valence-electron chi connectivity index (χ2n) is 11.8. The number of carbonyl (C=O) groups is 4. The predicted octanol–water partition coefficient (Wildman–Crippen LogP) is 3.78. The Morgan fingerprint density at radius 1 is 1.10 bits per heavy atom.